The standard InChI is InChI=1S/C24H26N6O3/c1-28-13-18(12-25-28)24(31)29-11-5-6-17(14-29)23-26-21-10-9-16(15-30(21)27-23)19-7-4-8-20(32-2)22(19)33-3/h4,7-10,12-13,15,17H,5-6,11,14H2,1-3H3. The summed E-state index contributed by atoms with van der Waals surface area (Å²) in [6.07, 6.45) is 7.18. The van der Waals surface area contributed by atoms with Crippen molar-refractivity contribution in [3.05, 3.63) is 60.3 Å². The number of methoxy groups -OCH3 is 2. The molecule has 1 aliphatic rings. The highest BCUT2D eigenvalue weighted by molar-refractivity contribution is 5.93. The fourth-order valence-corrected chi connectivity index (χ4v) is 4.43. The first-order chi connectivity index (χ1) is 16.1. The van der Waals surface area contributed by atoms with Crippen LogP contribution in [0.1, 0.15) is 34.9 Å². The maximum absolute atomic E-state index is 12.9. The molecule has 1 unspecified atom stereocenters. The van der Waals surface area contributed by atoms with E-state index >= 15 is 0 Å². The molecule has 4 aromatic rings. The van der Waals surface area contributed by atoms with Crippen LogP contribution in [0.3, 0.4) is 0 Å². The van der Waals surface area contributed by atoms with E-state index in [1.807, 2.05) is 48.5 Å². The topological polar surface area (TPSA) is 86.8 Å². The molecule has 9 heteroatoms. The van der Waals surface area contributed by atoms with E-state index in [1.54, 1.807) is 35.8 Å². The van der Waals surface area contributed by atoms with Gasteiger partial charge in [-0.3, -0.25) is 9.48 Å². The van der Waals surface area contributed by atoms with Crippen molar-refractivity contribution in [2.45, 2.75) is 18.8 Å². The molecule has 1 aromatic carbocycles. The number of pyridine rings is 1. The van der Waals surface area contributed by atoms with E-state index < -0.39 is 0 Å². The summed E-state index contributed by atoms with van der Waals surface area (Å²) in [6, 6.07) is 9.75. The lowest BCUT2D eigenvalue weighted by molar-refractivity contribution is 0.0704. The minimum Gasteiger partial charge on any atom is -0.493 e. The normalized spacial score (nSPS) is 16.2. The maximum atomic E-state index is 12.9. The molecule has 0 N–H and O–H groups in total. The molecule has 4 heterocycles. The molecule has 0 saturated carbocycles. The molecule has 0 radical (unpaired) electrons. The van der Waals surface area contributed by atoms with Crippen LogP contribution in [0.25, 0.3) is 16.8 Å². The Hall–Kier alpha value is -3.88. The van der Waals surface area contributed by atoms with Crippen molar-refractivity contribution in [2.75, 3.05) is 27.3 Å². The molecule has 1 saturated heterocycles. The number of likely N-dealkylation sites (tertiary alicyclic amines) is 1. The second-order valence-electron chi connectivity index (χ2n) is 8.22. The van der Waals surface area contributed by atoms with Crippen LogP contribution in [0, 0.1) is 0 Å². The van der Waals surface area contributed by atoms with Crippen LogP contribution >= 0.6 is 0 Å². The molecule has 9 nitrogen and oxygen atoms in total. The highest BCUT2D eigenvalue weighted by Crippen LogP contribution is 2.37. The Morgan fingerprint density at radius 1 is 1.12 bits per heavy atom. The molecule has 0 aliphatic carbocycles. The van der Waals surface area contributed by atoms with Crippen molar-refractivity contribution in [3.63, 3.8) is 0 Å². The molecule has 0 bridgehead atoms. The average Bonchev–Trinajstić information content (AvgIpc) is 3.48. The van der Waals surface area contributed by atoms with Crippen molar-refractivity contribution in [3.8, 4) is 22.6 Å². The lowest BCUT2D eigenvalue weighted by atomic mass is 9.97. The summed E-state index contributed by atoms with van der Waals surface area (Å²) in [5.41, 5.74) is 3.25. The third-order valence-corrected chi connectivity index (χ3v) is 6.09. The van der Waals surface area contributed by atoms with Crippen molar-refractivity contribution in [2.24, 2.45) is 7.05 Å². The number of carbonyl (C=O) groups excluding carboxylic acids is 1. The Kier molecular flexibility index (Phi) is 5.45. The van der Waals surface area contributed by atoms with Gasteiger partial charge >= 0.3 is 0 Å². The van der Waals surface area contributed by atoms with Crippen molar-refractivity contribution in [1.29, 1.82) is 0 Å². The van der Waals surface area contributed by atoms with E-state index in [0.717, 1.165) is 42.0 Å². The van der Waals surface area contributed by atoms with Crippen LogP contribution in [0.2, 0.25) is 0 Å². The Balaban J connectivity index is 1.42. The monoisotopic (exact) mass is 446 g/mol. The first-order valence-electron chi connectivity index (χ1n) is 10.9. The van der Waals surface area contributed by atoms with Gasteiger partial charge in [0.1, 0.15) is 0 Å². The van der Waals surface area contributed by atoms with Crippen LogP contribution in [0.15, 0.2) is 48.9 Å². The minimum atomic E-state index is 0.00368. The highest BCUT2D eigenvalue weighted by Gasteiger charge is 2.28. The summed E-state index contributed by atoms with van der Waals surface area (Å²) < 4.78 is 14.5. The highest BCUT2D eigenvalue weighted by atomic mass is 16.5. The lowest BCUT2D eigenvalue weighted by Crippen LogP contribution is -2.39. The number of amides is 1. The second-order valence-corrected chi connectivity index (χ2v) is 8.22. The predicted molar refractivity (Wildman–Crippen MR) is 123 cm³/mol. The molecular formula is C24H26N6O3. The maximum Gasteiger partial charge on any atom is 0.257 e. The van der Waals surface area contributed by atoms with Crippen molar-refractivity contribution in [1.82, 2.24) is 29.3 Å². The number of carbonyl (C=O) groups is 1. The molecule has 33 heavy (non-hydrogen) atoms. The van der Waals surface area contributed by atoms with E-state index in [1.165, 1.54) is 0 Å². The SMILES string of the molecule is COc1cccc(-c2ccc3nc(C4CCCN(C(=O)c5cnn(C)c5)C4)nn3c2)c1OC. The van der Waals surface area contributed by atoms with E-state index in [9.17, 15) is 4.79 Å². The van der Waals surface area contributed by atoms with E-state index in [-0.39, 0.29) is 11.8 Å². The third kappa shape index (κ3) is 3.90. The average molecular weight is 447 g/mol. The van der Waals surface area contributed by atoms with Gasteiger partial charge in [0.15, 0.2) is 23.0 Å². The Labute approximate surface area is 191 Å². The number of benzene rings is 1. The number of ether oxygens (including phenoxy) is 2. The molecular weight excluding hydrogens is 420 g/mol. The predicted octanol–water partition coefficient (Wildman–Crippen LogP) is 3.17. The lowest BCUT2D eigenvalue weighted by Gasteiger charge is -2.31. The Morgan fingerprint density at radius 2 is 2.00 bits per heavy atom. The number of para-hydroxylation sites is 1. The van der Waals surface area contributed by atoms with Crippen molar-refractivity contribution < 1.29 is 14.3 Å². The first-order valence-corrected chi connectivity index (χ1v) is 10.9. The van der Waals surface area contributed by atoms with Crippen LogP contribution in [0.5, 0.6) is 11.5 Å². The van der Waals surface area contributed by atoms with Gasteiger partial charge in [0.25, 0.3) is 5.91 Å². The molecule has 1 aliphatic heterocycles. The van der Waals surface area contributed by atoms with Gasteiger partial charge in [0.2, 0.25) is 0 Å². The number of aromatic nitrogens is 5. The molecule has 3 aromatic heterocycles. The summed E-state index contributed by atoms with van der Waals surface area (Å²) in [4.78, 5) is 19.5. The third-order valence-electron chi connectivity index (χ3n) is 6.09. The largest absolute Gasteiger partial charge is 0.493 e. The molecule has 5 rings (SSSR count). The minimum absolute atomic E-state index is 0.00368. The Morgan fingerprint density at radius 3 is 2.76 bits per heavy atom. The summed E-state index contributed by atoms with van der Waals surface area (Å²) in [5, 5.41) is 8.89. The van der Waals surface area contributed by atoms with E-state index in [2.05, 4.69) is 5.10 Å². The summed E-state index contributed by atoms with van der Waals surface area (Å²) in [7, 11) is 5.07. The Bertz CT molecular complexity index is 1310. The quantitative estimate of drug-likeness (QED) is 0.468. The van der Waals surface area contributed by atoms with E-state index in [4.69, 9.17) is 19.6 Å². The molecule has 1 amide bonds. The molecule has 1 fully saturated rings. The fourth-order valence-electron chi connectivity index (χ4n) is 4.43. The second kappa shape index (κ2) is 8.57. The number of aryl methyl sites for hydroxylation is 1. The van der Waals surface area contributed by atoms with Gasteiger partial charge in [-0.1, -0.05) is 12.1 Å². The summed E-state index contributed by atoms with van der Waals surface area (Å²) in [6.45, 7) is 1.33. The number of piperidine rings is 1. The van der Waals surface area contributed by atoms with Gasteiger partial charge in [-0.15, -0.1) is 0 Å². The smallest absolute Gasteiger partial charge is 0.257 e. The number of fused-ring (bicyclic) bond motifs is 1. The number of hydrogen-bond acceptors (Lipinski definition) is 6. The van der Waals surface area contributed by atoms with Crippen LogP contribution < -0.4 is 9.47 Å². The first kappa shape index (κ1) is 21.0. The number of nitrogens with zero attached hydrogens (tertiary/aromatic N) is 6. The summed E-state index contributed by atoms with van der Waals surface area (Å²) in [5.74, 6) is 2.21. The zero-order valence-corrected chi connectivity index (χ0v) is 18.9. The number of rotatable bonds is 5. The zero-order valence-electron chi connectivity index (χ0n) is 18.9. The van der Waals surface area contributed by atoms with Crippen LogP contribution in [-0.4, -0.2) is 62.5 Å². The van der Waals surface area contributed by atoms with Crippen LogP contribution in [0.4, 0.5) is 0 Å². The van der Waals surface area contributed by atoms with Gasteiger partial charge in [0, 0.05) is 49.6 Å². The zero-order chi connectivity index (χ0) is 22.9. The van der Waals surface area contributed by atoms with Gasteiger partial charge in [-0.05, 0) is 31.0 Å². The molecule has 0 spiro atoms. The molecule has 1 atom stereocenters. The van der Waals surface area contributed by atoms with Crippen molar-refractivity contribution >= 4 is 11.6 Å². The van der Waals surface area contributed by atoms with Crippen LogP contribution in [-0.2, 0) is 7.05 Å². The van der Waals surface area contributed by atoms with E-state index in [0.29, 0.717) is 23.6 Å². The summed E-state index contributed by atoms with van der Waals surface area (Å²) >= 11 is 0. The fraction of sp³-hybridized carbons (Fsp3) is 0.333. The van der Waals surface area contributed by atoms with Gasteiger partial charge in [0.05, 0.1) is 26.0 Å². The number of hydrogen-bond donors (Lipinski definition) is 0. The van der Waals surface area contributed by atoms with Gasteiger partial charge < -0.3 is 14.4 Å². The molecule has 170 valence electrons. The van der Waals surface area contributed by atoms with Gasteiger partial charge in [-0.2, -0.15) is 10.2 Å². The van der Waals surface area contributed by atoms with Gasteiger partial charge in [-0.25, -0.2) is 9.50 Å².